The van der Waals surface area contributed by atoms with Crippen molar-refractivity contribution in [2.75, 3.05) is 13.7 Å². The maximum atomic E-state index is 11.9. The predicted molar refractivity (Wildman–Crippen MR) is 95.3 cm³/mol. The molecule has 0 spiro atoms. The first kappa shape index (κ1) is 17.0. The van der Waals surface area contributed by atoms with Crippen LogP contribution in [0.2, 0.25) is 0 Å². The van der Waals surface area contributed by atoms with Gasteiger partial charge in [-0.1, -0.05) is 48.5 Å². The molecule has 0 saturated heterocycles. The van der Waals surface area contributed by atoms with Crippen LogP contribution in [0.3, 0.4) is 0 Å². The molecule has 2 rings (SSSR count). The number of rotatable bonds is 5. The zero-order chi connectivity index (χ0) is 16.7. The molecular weight excluding hydrogens is 308 g/mol. The van der Waals surface area contributed by atoms with Gasteiger partial charge in [0.15, 0.2) is 11.7 Å². The van der Waals surface area contributed by atoms with Gasteiger partial charge >= 0.3 is 0 Å². The van der Waals surface area contributed by atoms with Crippen molar-refractivity contribution in [3.8, 4) is 5.75 Å². The van der Waals surface area contributed by atoms with Crippen LogP contribution in [0.25, 0.3) is 0 Å². The highest BCUT2D eigenvalue weighted by Crippen LogP contribution is 2.15. The highest BCUT2D eigenvalue weighted by atomic mass is 32.1. The Morgan fingerprint density at radius 2 is 1.78 bits per heavy atom. The summed E-state index contributed by atoms with van der Waals surface area (Å²) in [7, 11) is 1.85. The van der Waals surface area contributed by atoms with Crippen LogP contribution in [0, 0.1) is 6.92 Å². The van der Waals surface area contributed by atoms with Crippen molar-refractivity contribution in [1.29, 1.82) is 0 Å². The number of amides is 1. The molecule has 120 valence electrons. The van der Waals surface area contributed by atoms with Gasteiger partial charge in [-0.05, 0) is 36.3 Å². The van der Waals surface area contributed by atoms with E-state index in [1.807, 2.05) is 73.5 Å². The number of thiocarbonyl (C=S) groups is 1. The second kappa shape index (κ2) is 8.29. The lowest BCUT2D eigenvalue weighted by Gasteiger charge is -2.20. The summed E-state index contributed by atoms with van der Waals surface area (Å²) in [6.07, 6.45) is 0. The van der Waals surface area contributed by atoms with Crippen molar-refractivity contribution in [3.05, 3.63) is 65.7 Å². The van der Waals surface area contributed by atoms with E-state index in [-0.39, 0.29) is 12.5 Å². The van der Waals surface area contributed by atoms with Crippen molar-refractivity contribution in [2.45, 2.75) is 13.5 Å². The molecule has 0 aliphatic rings. The van der Waals surface area contributed by atoms with Crippen molar-refractivity contribution in [3.63, 3.8) is 0 Å². The first-order valence-electron chi connectivity index (χ1n) is 7.33. The Kier molecular flexibility index (Phi) is 6.11. The molecular formula is C18H20N2O2S. The van der Waals surface area contributed by atoms with Gasteiger partial charge in [-0.15, -0.1) is 0 Å². The van der Waals surface area contributed by atoms with E-state index in [4.69, 9.17) is 17.0 Å². The first-order valence-corrected chi connectivity index (χ1v) is 7.74. The lowest BCUT2D eigenvalue weighted by atomic mass is 10.2. The van der Waals surface area contributed by atoms with Gasteiger partial charge in [0.2, 0.25) is 0 Å². The van der Waals surface area contributed by atoms with Gasteiger partial charge < -0.3 is 15.0 Å². The first-order chi connectivity index (χ1) is 11.1. The molecule has 0 aliphatic carbocycles. The van der Waals surface area contributed by atoms with E-state index >= 15 is 0 Å². The third-order valence-electron chi connectivity index (χ3n) is 3.31. The van der Waals surface area contributed by atoms with E-state index in [0.717, 1.165) is 11.1 Å². The van der Waals surface area contributed by atoms with Gasteiger partial charge in [0.25, 0.3) is 5.91 Å². The SMILES string of the molecule is Cc1ccccc1OCC(=O)NC(=S)N(C)Cc1ccccc1. The van der Waals surface area contributed by atoms with Crippen LogP contribution in [0.15, 0.2) is 54.6 Å². The fourth-order valence-corrected chi connectivity index (χ4v) is 2.22. The second-order valence-electron chi connectivity index (χ2n) is 5.25. The molecule has 1 amide bonds. The minimum absolute atomic E-state index is 0.0653. The summed E-state index contributed by atoms with van der Waals surface area (Å²) >= 11 is 5.25. The molecule has 0 fully saturated rings. The standard InChI is InChI=1S/C18H20N2O2S/c1-14-8-6-7-11-16(14)22-13-17(21)19-18(23)20(2)12-15-9-4-3-5-10-15/h3-11H,12-13H2,1-2H3,(H,19,21,23). The molecule has 0 atom stereocenters. The number of carbonyl (C=O) groups excluding carboxylic acids is 1. The Hall–Kier alpha value is -2.40. The molecule has 5 heteroatoms. The Morgan fingerprint density at radius 1 is 1.13 bits per heavy atom. The third kappa shape index (κ3) is 5.38. The number of ether oxygens (including phenoxy) is 1. The van der Waals surface area contributed by atoms with Crippen molar-refractivity contribution in [2.24, 2.45) is 0 Å². The monoisotopic (exact) mass is 328 g/mol. The molecule has 0 radical (unpaired) electrons. The van der Waals surface area contributed by atoms with E-state index < -0.39 is 0 Å². The fourth-order valence-electron chi connectivity index (χ4n) is 2.04. The van der Waals surface area contributed by atoms with Crippen molar-refractivity contribution >= 4 is 23.2 Å². The summed E-state index contributed by atoms with van der Waals surface area (Å²) in [6.45, 7) is 2.51. The molecule has 2 aromatic rings. The summed E-state index contributed by atoms with van der Waals surface area (Å²) < 4.78 is 5.51. The van der Waals surface area contributed by atoms with Crippen LogP contribution in [0.1, 0.15) is 11.1 Å². The summed E-state index contributed by atoms with van der Waals surface area (Å²) in [5, 5.41) is 3.06. The van der Waals surface area contributed by atoms with E-state index in [9.17, 15) is 4.79 Å². The Balaban J connectivity index is 1.80. The minimum Gasteiger partial charge on any atom is -0.483 e. The number of aryl methyl sites for hydroxylation is 1. The van der Waals surface area contributed by atoms with E-state index in [1.54, 1.807) is 0 Å². The number of benzene rings is 2. The lowest BCUT2D eigenvalue weighted by molar-refractivity contribution is -0.121. The van der Waals surface area contributed by atoms with E-state index in [0.29, 0.717) is 17.4 Å². The van der Waals surface area contributed by atoms with Gasteiger partial charge in [-0.2, -0.15) is 0 Å². The number of hydrogen-bond donors (Lipinski definition) is 1. The molecule has 4 nitrogen and oxygen atoms in total. The van der Waals surface area contributed by atoms with E-state index in [1.165, 1.54) is 0 Å². The Bertz CT molecular complexity index is 674. The molecule has 0 saturated carbocycles. The third-order valence-corrected chi connectivity index (χ3v) is 3.72. The summed E-state index contributed by atoms with van der Waals surface area (Å²) in [6, 6.07) is 17.5. The predicted octanol–water partition coefficient (Wildman–Crippen LogP) is 2.91. The fraction of sp³-hybridized carbons (Fsp3) is 0.222. The number of para-hydroxylation sites is 1. The van der Waals surface area contributed by atoms with Crippen molar-refractivity contribution in [1.82, 2.24) is 10.2 Å². The molecule has 0 heterocycles. The van der Waals surface area contributed by atoms with Gasteiger partial charge in [-0.25, -0.2) is 0 Å². The zero-order valence-electron chi connectivity index (χ0n) is 13.3. The number of hydrogen-bond acceptors (Lipinski definition) is 3. The smallest absolute Gasteiger partial charge is 0.264 e. The summed E-state index contributed by atoms with van der Waals surface area (Å²) in [5.41, 5.74) is 2.12. The molecule has 0 aliphatic heterocycles. The van der Waals surface area contributed by atoms with Gasteiger partial charge in [-0.3, -0.25) is 4.79 Å². The maximum absolute atomic E-state index is 11.9. The molecule has 2 aromatic carbocycles. The Labute approximate surface area is 142 Å². The molecule has 23 heavy (non-hydrogen) atoms. The minimum atomic E-state index is -0.266. The number of nitrogens with one attached hydrogen (secondary N) is 1. The molecule has 0 bridgehead atoms. The average molecular weight is 328 g/mol. The average Bonchev–Trinajstić information content (AvgIpc) is 2.55. The summed E-state index contributed by atoms with van der Waals surface area (Å²) in [4.78, 5) is 13.8. The maximum Gasteiger partial charge on any atom is 0.264 e. The normalized spacial score (nSPS) is 10.0. The van der Waals surface area contributed by atoms with Crippen LogP contribution in [-0.2, 0) is 11.3 Å². The van der Waals surface area contributed by atoms with Gasteiger partial charge in [0.05, 0.1) is 0 Å². The topological polar surface area (TPSA) is 41.6 Å². The van der Waals surface area contributed by atoms with Gasteiger partial charge in [0.1, 0.15) is 5.75 Å². The van der Waals surface area contributed by atoms with Crippen LogP contribution in [0.5, 0.6) is 5.75 Å². The van der Waals surface area contributed by atoms with Crippen LogP contribution in [0.4, 0.5) is 0 Å². The van der Waals surface area contributed by atoms with Crippen LogP contribution in [-0.4, -0.2) is 29.6 Å². The van der Waals surface area contributed by atoms with Crippen molar-refractivity contribution < 1.29 is 9.53 Å². The largest absolute Gasteiger partial charge is 0.483 e. The number of nitrogens with zero attached hydrogens (tertiary/aromatic N) is 1. The van der Waals surface area contributed by atoms with Crippen LogP contribution < -0.4 is 10.1 Å². The van der Waals surface area contributed by atoms with E-state index in [2.05, 4.69) is 5.32 Å². The summed E-state index contributed by atoms with van der Waals surface area (Å²) in [5.74, 6) is 0.435. The lowest BCUT2D eigenvalue weighted by Crippen LogP contribution is -2.42. The quantitative estimate of drug-likeness (QED) is 0.857. The molecule has 1 N–H and O–H groups in total. The Morgan fingerprint density at radius 3 is 2.48 bits per heavy atom. The van der Waals surface area contributed by atoms with Gasteiger partial charge in [0, 0.05) is 13.6 Å². The number of carbonyl (C=O) groups is 1. The highest BCUT2D eigenvalue weighted by Gasteiger charge is 2.10. The zero-order valence-corrected chi connectivity index (χ0v) is 14.1. The van der Waals surface area contributed by atoms with Crippen LogP contribution >= 0.6 is 12.2 Å². The highest BCUT2D eigenvalue weighted by molar-refractivity contribution is 7.80. The molecule has 0 aromatic heterocycles. The second-order valence-corrected chi connectivity index (χ2v) is 5.64. The molecule has 0 unspecified atom stereocenters.